The molecule has 0 aliphatic carbocycles. The van der Waals surface area contributed by atoms with Crippen LogP contribution in [0.5, 0.6) is 0 Å². The molecule has 4 nitrogen and oxygen atoms in total. The molecule has 6 heteroatoms. The van der Waals surface area contributed by atoms with Crippen molar-refractivity contribution < 1.29 is 13.9 Å². The first kappa shape index (κ1) is 13.7. The van der Waals surface area contributed by atoms with E-state index in [0.717, 1.165) is 0 Å². The molecule has 0 saturated heterocycles. The number of esters is 1. The lowest BCUT2D eigenvalue weighted by atomic mass is 9.89. The van der Waals surface area contributed by atoms with Crippen molar-refractivity contribution >= 4 is 23.3 Å². The van der Waals surface area contributed by atoms with E-state index in [2.05, 4.69) is 4.74 Å². The molecule has 0 bridgehead atoms. The first-order valence-corrected chi connectivity index (χ1v) is 5.27. The number of carbonyl (C=O) groups is 1. The highest BCUT2D eigenvalue weighted by molar-refractivity contribution is 6.34. The van der Waals surface area contributed by atoms with E-state index in [4.69, 9.17) is 23.1 Å². The summed E-state index contributed by atoms with van der Waals surface area (Å²) in [6.45, 7) is 1.60. The maximum atomic E-state index is 13.1. The van der Waals surface area contributed by atoms with Crippen molar-refractivity contribution in [1.29, 1.82) is 0 Å². The van der Waals surface area contributed by atoms with Crippen molar-refractivity contribution in [3.63, 3.8) is 0 Å². The number of hydrogen-bond donors (Lipinski definition) is 2. The Labute approximate surface area is 104 Å². The fourth-order valence-corrected chi connectivity index (χ4v) is 1.85. The Kier molecular flexibility index (Phi) is 3.95. The van der Waals surface area contributed by atoms with E-state index in [0.29, 0.717) is 5.56 Å². The van der Waals surface area contributed by atoms with Gasteiger partial charge in [-0.3, -0.25) is 4.79 Å². The maximum Gasteiger partial charge on any atom is 0.307 e. The fourth-order valence-electron chi connectivity index (χ4n) is 1.48. The van der Waals surface area contributed by atoms with Gasteiger partial charge in [0.05, 0.1) is 29.8 Å². The van der Waals surface area contributed by atoms with E-state index < -0.39 is 17.3 Å². The highest BCUT2D eigenvalue weighted by Crippen LogP contribution is 2.34. The Bertz CT molecular complexity index is 449. The van der Waals surface area contributed by atoms with Crippen molar-refractivity contribution in [3.8, 4) is 0 Å². The van der Waals surface area contributed by atoms with E-state index in [9.17, 15) is 9.18 Å². The van der Waals surface area contributed by atoms with Gasteiger partial charge in [-0.05, 0) is 18.6 Å². The van der Waals surface area contributed by atoms with Crippen LogP contribution in [0.2, 0.25) is 5.02 Å². The average Bonchev–Trinajstić information content (AvgIpc) is 2.24. The molecule has 1 aromatic rings. The van der Waals surface area contributed by atoms with E-state index in [1.807, 2.05) is 0 Å². The molecule has 0 saturated carbocycles. The Morgan fingerprint density at radius 1 is 1.59 bits per heavy atom. The highest BCUT2D eigenvalue weighted by atomic mass is 35.5. The lowest BCUT2D eigenvalue weighted by Gasteiger charge is -2.25. The molecule has 0 amide bonds. The van der Waals surface area contributed by atoms with Crippen molar-refractivity contribution in [2.24, 2.45) is 5.73 Å². The molecular weight excluding hydrogens is 247 g/mol. The monoisotopic (exact) mass is 260 g/mol. The van der Waals surface area contributed by atoms with Gasteiger partial charge in [-0.2, -0.15) is 0 Å². The van der Waals surface area contributed by atoms with Crippen LogP contribution in [0.3, 0.4) is 0 Å². The second-order valence-electron chi connectivity index (χ2n) is 3.99. The second-order valence-corrected chi connectivity index (χ2v) is 4.37. The van der Waals surface area contributed by atoms with Crippen molar-refractivity contribution in [3.05, 3.63) is 28.5 Å². The quantitative estimate of drug-likeness (QED) is 0.642. The summed E-state index contributed by atoms with van der Waals surface area (Å²) < 4.78 is 17.7. The number of benzene rings is 1. The Morgan fingerprint density at radius 2 is 2.18 bits per heavy atom. The summed E-state index contributed by atoms with van der Waals surface area (Å²) >= 11 is 5.91. The van der Waals surface area contributed by atoms with E-state index in [-0.39, 0.29) is 17.1 Å². The van der Waals surface area contributed by atoms with Gasteiger partial charge in [0.1, 0.15) is 5.82 Å². The lowest BCUT2D eigenvalue weighted by molar-refractivity contribution is -0.141. The molecule has 1 rings (SSSR count). The SMILES string of the molecule is COC(=O)CC(C)(N)c1ccc(F)c(N)c1Cl. The minimum atomic E-state index is -1.06. The zero-order valence-corrected chi connectivity index (χ0v) is 10.3. The molecule has 0 aliphatic rings. The van der Waals surface area contributed by atoms with Crippen LogP contribution in [0, 0.1) is 5.82 Å². The van der Waals surface area contributed by atoms with E-state index in [1.54, 1.807) is 6.92 Å². The standard InChI is InChI=1S/C11H14ClFN2O2/c1-11(15,5-8(16)17-2)6-3-4-7(13)10(14)9(6)12/h3-4H,5,14-15H2,1-2H3. The van der Waals surface area contributed by atoms with Gasteiger partial charge in [0.15, 0.2) is 0 Å². The molecule has 0 aromatic heterocycles. The van der Waals surface area contributed by atoms with Gasteiger partial charge in [-0.25, -0.2) is 4.39 Å². The van der Waals surface area contributed by atoms with Gasteiger partial charge in [0.2, 0.25) is 0 Å². The minimum absolute atomic E-state index is 0.0268. The van der Waals surface area contributed by atoms with Crippen LogP contribution in [-0.2, 0) is 15.1 Å². The summed E-state index contributed by atoms with van der Waals surface area (Å²) in [7, 11) is 1.26. The zero-order valence-electron chi connectivity index (χ0n) is 9.59. The van der Waals surface area contributed by atoms with Crippen LogP contribution < -0.4 is 11.5 Å². The molecule has 17 heavy (non-hydrogen) atoms. The predicted molar refractivity (Wildman–Crippen MR) is 64.0 cm³/mol. The third-order valence-electron chi connectivity index (χ3n) is 2.48. The van der Waals surface area contributed by atoms with Gasteiger partial charge >= 0.3 is 5.97 Å². The molecule has 94 valence electrons. The van der Waals surface area contributed by atoms with Gasteiger partial charge in [0, 0.05) is 0 Å². The minimum Gasteiger partial charge on any atom is -0.469 e. The number of hydrogen-bond acceptors (Lipinski definition) is 4. The van der Waals surface area contributed by atoms with Crippen molar-refractivity contribution in [1.82, 2.24) is 0 Å². The average molecular weight is 261 g/mol. The lowest BCUT2D eigenvalue weighted by Crippen LogP contribution is -2.36. The molecule has 1 aromatic carbocycles. The first-order chi connectivity index (χ1) is 7.79. The van der Waals surface area contributed by atoms with Crippen LogP contribution in [-0.4, -0.2) is 13.1 Å². The fraction of sp³-hybridized carbons (Fsp3) is 0.364. The molecule has 0 aliphatic heterocycles. The number of rotatable bonds is 3. The highest BCUT2D eigenvalue weighted by Gasteiger charge is 2.29. The topological polar surface area (TPSA) is 78.3 Å². The summed E-state index contributed by atoms with van der Waals surface area (Å²) in [6.07, 6.45) is -0.0751. The molecule has 1 unspecified atom stereocenters. The number of anilines is 1. The van der Waals surface area contributed by atoms with Crippen LogP contribution in [0.15, 0.2) is 12.1 Å². The summed E-state index contributed by atoms with van der Waals surface area (Å²) in [5.74, 6) is -1.10. The van der Waals surface area contributed by atoms with Crippen LogP contribution in [0.1, 0.15) is 18.9 Å². The molecule has 0 spiro atoms. The summed E-state index contributed by atoms with van der Waals surface area (Å²) in [4.78, 5) is 11.2. The Hall–Kier alpha value is -1.33. The molecule has 1 atom stereocenters. The number of methoxy groups -OCH3 is 1. The summed E-state index contributed by atoms with van der Waals surface area (Å²) in [5, 5.41) is 0.0268. The second kappa shape index (κ2) is 4.89. The molecule has 0 heterocycles. The third-order valence-corrected chi connectivity index (χ3v) is 2.89. The van der Waals surface area contributed by atoms with Gasteiger partial charge in [0.25, 0.3) is 0 Å². The Morgan fingerprint density at radius 3 is 2.71 bits per heavy atom. The number of nitrogen functional groups attached to an aromatic ring is 1. The van der Waals surface area contributed by atoms with E-state index >= 15 is 0 Å². The largest absolute Gasteiger partial charge is 0.469 e. The number of halogens is 2. The molecular formula is C11H14ClFN2O2. The molecule has 0 radical (unpaired) electrons. The van der Waals surface area contributed by atoms with Crippen LogP contribution in [0.4, 0.5) is 10.1 Å². The predicted octanol–water partition coefficient (Wildman–Crippen LogP) is 1.80. The van der Waals surface area contributed by atoms with Crippen molar-refractivity contribution in [2.75, 3.05) is 12.8 Å². The zero-order chi connectivity index (χ0) is 13.2. The first-order valence-electron chi connectivity index (χ1n) is 4.89. The van der Waals surface area contributed by atoms with Crippen LogP contribution >= 0.6 is 11.6 Å². The molecule has 4 N–H and O–H groups in total. The number of nitrogens with two attached hydrogens (primary N) is 2. The van der Waals surface area contributed by atoms with Gasteiger partial charge in [-0.15, -0.1) is 0 Å². The summed E-state index contributed by atoms with van der Waals surface area (Å²) in [5.41, 5.74) is 10.6. The van der Waals surface area contributed by atoms with Crippen molar-refractivity contribution in [2.45, 2.75) is 18.9 Å². The van der Waals surface area contributed by atoms with Gasteiger partial charge in [-0.1, -0.05) is 17.7 Å². The summed E-state index contributed by atoms with van der Waals surface area (Å²) in [6, 6.07) is 2.58. The van der Waals surface area contributed by atoms with E-state index in [1.165, 1.54) is 19.2 Å². The third kappa shape index (κ3) is 2.87. The van der Waals surface area contributed by atoms with Gasteiger partial charge < -0.3 is 16.2 Å². The smallest absolute Gasteiger partial charge is 0.307 e. The molecule has 0 fully saturated rings. The maximum absolute atomic E-state index is 13.1. The number of ether oxygens (including phenoxy) is 1. The number of carbonyl (C=O) groups excluding carboxylic acids is 1. The Balaban J connectivity index is 3.15. The normalized spacial score (nSPS) is 14.2. The van der Waals surface area contributed by atoms with Crippen LogP contribution in [0.25, 0.3) is 0 Å².